The van der Waals surface area contributed by atoms with Crippen LogP contribution in [0.2, 0.25) is 0 Å². The molecule has 0 bridgehead atoms. The highest BCUT2D eigenvalue weighted by Gasteiger charge is 2.21. The van der Waals surface area contributed by atoms with Crippen molar-refractivity contribution in [3.8, 4) is 0 Å². The van der Waals surface area contributed by atoms with Gasteiger partial charge in [-0.3, -0.25) is 0 Å². The molecule has 1 unspecified atom stereocenters. The topological polar surface area (TPSA) is 24.9 Å². The summed E-state index contributed by atoms with van der Waals surface area (Å²) in [7, 11) is 2.04. The quantitative estimate of drug-likeness (QED) is 0.784. The predicted octanol–water partition coefficient (Wildman–Crippen LogP) is 2.47. The molecule has 0 amide bonds. The molecule has 1 N–H and O–H groups in total. The van der Waals surface area contributed by atoms with Crippen LogP contribution < -0.4 is 5.32 Å². The first-order valence-corrected chi connectivity index (χ1v) is 5.26. The number of halogens is 1. The Hall–Kier alpha value is -0.120. The molecular formula is C9H15ClN2S. The van der Waals surface area contributed by atoms with Crippen LogP contribution in [0.4, 0.5) is 0 Å². The van der Waals surface area contributed by atoms with E-state index in [1.165, 1.54) is 34.8 Å². The Bertz CT molecular complexity index is 285. The molecule has 74 valence electrons. The van der Waals surface area contributed by atoms with E-state index < -0.39 is 0 Å². The molecule has 0 fully saturated rings. The van der Waals surface area contributed by atoms with E-state index in [9.17, 15) is 0 Å². The third kappa shape index (κ3) is 2.03. The fourth-order valence-corrected chi connectivity index (χ4v) is 2.94. The number of nitrogens with one attached hydrogen (secondary N) is 1. The van der Waals surface area contributed by atoms with Crippen molar-refractivity contribution in [2.24, 2.45) is 0 Å². The molecule has 1 aromatic rings. The maximum atomic E-state index is 4.53. The minimum absolute atomic E-state index is 0. The van der Waals surface area contributed by atoms with Crippen molar-refractivity contribution in [1.29, 1.82) is 0 Å². The first kappa shape index (κ1) is 11.0. The summed E-state index contributed by atoms with van der Waals surface area (Å²) >= 11 is 1.85. The van der Waals surface area contributed by atoms with E-state index in [1.807, 2.05) is 18.4 Å². The highest BCUT2D eigenvalue weighted by atomic mass is 35.5. The molecule has 1 aromatic heterocycles. The van der Waals surface area contributed by atoms with Crippen molar-refractivity contribution in [2.75, 3.05) is 7.05 Å². The zero-order valence-electron chi connectivity index (χ0n) is 7.96. The van der Waals surface area contributed by atoms with Crippen LogP contribution in [-0.4, -0.2) is 12.0 Å². The lowest BCUT2D eigenvalue weighted by Gasteiger charge is -2.20. The highest BCUT2D eigenvalue weighted by Crippen LogP contribution is 2.33. The first-order valence-electron chi connectivity index (χ1n) is 4.44. The molecule has 1 atom stereocenters. The van der Waals surface area contributed by atoms with Crippen LogP contribution in [0.1, 0.15) is 34.5 Å². The molecule has 1 aliphatic carbocycles. The Kier molecular flexibility index (Phi) is 3.71. The molecule has 0 aliphatic heterocycles. The van der Waals surface area contributed by atoms with Gasteiger partial charge in [-0.25, -0.2) is 4.98 Å². The maximum Gasteiger partial charge on any atom is 0.0900 e. The molecule has 2 nitrogen and oxygen atoms in total. The zero-order valence-corrected chi connectivity index (χ0v) is 9.60. The summed E-state index contributed by atoms with van der Waals surface area (Å²) < 4.78 is 0. The van der Waals surface area contributed by atoms with Gasteiger partial charge in [0.2, 0.25) is 0 Å². The average molecular weight is 219 g/mol. The van der Waals surface area contributed by atoms with E-state index in [1.54, 1.807) is 0 Å². The van der Waals surface area contributed by atoms with E-state index in [0.717, 1.165) is 0 Å². The van der Waals surface area contributed by atoms with Crippen molar-refractivity contribution in [1.82, 2.24) is 10.3 Å². The van der Waals surface area contributed by atoms with Gasteiger partial charge < -0.3 is 5.32 Å². The lowest BCUT2D eigenvalue weighted by atomic mass is 9.98. The lowest BCUT2D eigenvalue weighted by molar-refractivity contribution is 0.501. The molecule has 0 aromatic carbocycles. The molecule has 1 aliphatic rings. The second-order valence-electron chi connectivity index (χ2n) is 3.28. The van der Waals surface area contributed by atoms with E-state index in [-0.39, 0.29) is 12.4 Å². The van der Waals surface area contributed by atoms with Crippen molar-refractivity contribution in [2.45, 2.75) is 32.2 Å². The molecule has 13 heavy (non-hydrogen) atoms. The smallest absolute Gasteiger partial charge is 0.0900 e. The predicted molar refractivity (Wildman–Crippen MR) is 58.8 cm³/mol. The van der Waals surface area contributed by atoms with Crippen molar-refractivity contribution < 1.29 is 0 Å². The van der Waals surface area contributed by atoms with Crippen molar-refractivity contribution in [3.63, 3.8) is 0 Å². The van der Waals surface area contributed by atoms with Gasteiger partial charge in [0.05, 0.1) is 10.7 Å². The monoisotopic (exact) mass is 218 g/mol. The Balaban J connectivity index is 0.000000845. The normalized spacial score (nSPS) is 20.6. The molecular weight excluding hydrogens is 204 g/mol. The first-order chi connectivity index (χ1) is 5.81. The SMILES string of the molecule is CNC1CCCc2nc(C)sc21.Cl. The van der Waals surface area contributed by atoms with Gasteiger partial charge in [0.15, 0.2) is 0 Å². The number of rotatable bonds is 1. The second-order valence-corrected chi connectivity index (χ2v) is 4.51. The molecule has 4 heteroatoms. The highest BCUT2D eigenvalue weighted by molar-refractivity contribution is 7.11. The average Bonchev–Trinajstić information content (AvgIpc) is 2.44. The van der Waals surface area contributed by atoms with Gasteiger partial charge in [-0.1, -0.05) is 0 Å². The summed E-state index contributed by atoms with van der Waals surface area (Å²) in [5.74, 6) is 0. The summed E-state index contributed by atoms with van der Waals surface area (Å²) in [6.07, 6.45) is 3.73. The van der Waals surface area contributed by atoms with Crippen LogP contribution in [0.15, 0.2) is 0 Å². The molecule has 0 saturated heterocycles. The van der Waals surface area contributed by atoms with Crippen molar-refractivity contribution in [3.05, 3.63) is 15.6 Å². The van der Waals surface area contributed by atoms with E-state index >= 15 is 0 Å². The van der Waals surface area contributed by atoms with Gasteiger partial charge in [0, 0.05) is 10.9 Å². The number of aromatic nitrogens is 1. The minimum Gasteiger partial charge on any atom is -0.312 e. The molecule has 1 heterocycles. The molecule has 0 radical (unpaired) electrons. The van der Waals surface area contributed by atoms with Gasteiger partial charge in [-0.15, -0.1) is 23.7 Å². The summed E-state index contributed by atoms with van der Waals surface area (Å²) in [5, 5.41) is 4.55. The summed E-state index contributed by atoms with van der Waals surface area (Å²) in [6.45, 7) is 2.09. The van der Waals surface area contributed by atoms with Crippen LogP contribution in [0.3, 0.4) is 0 Å². The largest absolute Gasteiger partial charge is 0.312 e. The van der Waals surface area contributed by atoms with Crippen LogP contribution in [0, 0.1) is 6.92 Å². The van der Waals surface area contributed by atoms with Crippen LogP contribution in [-0.2, 0) is 6.42 Å². The number of fused-ring (bicyclic) bond motifs is 1. The van der Waals surface area contributed by atoms with Gasteiger partial charge >= 0.3 is 0 Å². The van der Waals surface area contributed by atoms with Gasteiger partial charge in [0.1, 0.15) is 0 Å². The van der Waals surface area contributed by atoms with Crippen LogP contribution in [0.25, 0.3) is 0 Å². The fourth-order valence-electron chi connectivity index (χ4n) is 1.82. The standard InChI is InChI=1S/C9H14N2S.ClH/c1-6-11-8-5-3-4-7(10-2)9(8)12-6;/h7,10H,3-5H2,1-2H3;1H. The second kappa shape index (κ2) is 4.40. The number of hydrogen-bond acceptors (Lipinski definition) is 3. The van der Waals surface area contributed by atoms with Gasteiger partial charge in [-0.05, 0) is 33.2 Å². The minimum atomic E-state index is 0. The summed E-state index contributed by atoms with van der Waals surface area (Å²) in [4.78, 5) is 6.00. The Morgan fingerprint density at radius 3 is 3.00 bits per heavy atom. The number of thiazole rings is 1. The van der Waals surface area contributed by atoms with E-state index in [0.29, 0.717) is 6.04 Å². The zero-order chi connectivity index (χ0) is 8.55. The summed E-state index contributed by atoms with van der Waals surface area (Å²) in [5.41, 5.74) is 1.34. The fraction of sp³-hybridized carbons (Fsp3) is 0.667. The van der Waals surface area contributed by atoms with E-state index in [2.05, 4.69) is 17.2 Å². The van der Waals surface area contributed by atoms with E-state index in [4.69, 9.17) is 0 Å². The third-order valence-corrected chi connectivity index (χ3v) is 3.53. The molecule has 0 saturated carbocycles. The Labute approximate surface area is 89.2 Å². The van der Waals surface area contributed by atoms with Gasteiger partial charge in [0.25, 0.3) is 0 Å². The van der Waals surface area contributed by atoms with Crippen molar-refractivity contribution >= 4 is 23.7 Å². The Morgan fingerprint density at radius 2 is 2.31 bits per heavy atom. The Morgan fingerprint density at radius 1 is 1.54 bits per heavy atom. The molecule has 0 spiro atoms. The lowest BCUT2D eigenvalue weighted by Crippen LogP contribution is -2.19. The maximum absolute atomic E-state index is 4.53. The third-order valence-electron chi connectivity index (χ3n) is 2.41. The summed E-state index contributed by atoms with van der Waals surface area (Å²) in [6, 6.07) is 0.569. The number of aryl methyl sites for hydroxylation is 2. The number of hydrogen-bond donors (Lipinski definition) is 1. The van der Waals surface area contributed by atoms with Gasteiger partial charge in [-0.2, -0.15) is 0 Å². The number of nitrogens with zero attached hydrogens (tertiary/aromatic N) is 1. The molecule has 2 rings (SSSR count). The van der Waals surface area contributed by atoms with Crippen LogP contribution in [0.5, 0.6) is 0 Å². The van der Waals surface area contributed by atoms with Crippen LogP contribution >= 0.6 is 23.7 Å².